The minimum Gasteiger partial charge on any atom is -0.469 e. The number of ether oxygens (including phenoxy) is 1. The van der Waals surface area contributed by atoms with Crippen LogP contribution in [0.5, 0.6) is 0 Å². The van der Waals surface area contributed by atoms with Crippen LogP contribution in [0.2, 0.25) is 0 Å². The molecule has 1 unspecified atom stereocenters. The third-order valence-electron chi connectivity index (χ3n) is 2.64. The van der Waals surface area contributed by atoms with Crippen LogP contribution >= 0.6 is 0 Å². The van der Waals surface area contributed by atoms with Crippen LogP contribution in [0.3, 0.4) is 0 Å². The van der Waals surface area contributed by atoms with Crippen molar-refractivity contribution < 1.29 is 9.53 Å². The van der Waals surface area contributed by atoms with Crippen molar-refractivity contribution in [2.24, 2.45) is 0 Å². The lowest BCUT2D eigenvalue weighted by molar-refractivity contribution is -0.141. The van der Waals surface area contributed by atoms with Crippen LogP contribution in [0.1, 0.15) is 23.6 Å². The van der Waals surface area contributed by atoms with Crippen molar-refractivity contribution in [2.75, 3.05) is 21.2 Å². The molecule has 0 saturated carbocycles. The highest BCUT2D eigenvalue weighted by Gasteiger charge is 2.18. The lowest BCUT2D eigenvalue weighted by Crippen LogP contribution is -2.23. The third-order valence-corrected chi connectivity index (χ3v) is 2.64. The SMILES string of the molecule is COC(=O)CC(c1cccc(C)c1)N(C)C. The van der Waals surface area contributed by atoms with Gasteiger partial charge in [0.25, 0.3) is 0 Å². The van der Waals surface area contributed by atoms with E-state index in [0.717, 1.165) is 5.56 Å². The van der Waals surface area contributed by atoms with Gasteiger partial charge in [0, 0.05) is 6.04 Å². The van der Waals surface area contributed by atoms with Crippen LogP contribution in [-0.2, 0) is 9.53 Å². The summed E-state index contributed by atoms with van der Waals surface area (Å²) >= 11 is 0. The summed E-state index contributed by atoms with van der Waals surface area (Å²) < 4.78 is 4.72. The maximum atomic E-state index is 11.3. The highest BCUT2D eigenvalue weighted by Crippen LogP contribution is 2.23. The maximum absolute atomic E-state index is 11.3. The largest absolute Gasteiger partial charge is 0.469 e. The van der Waals surface area contributed by atoms with E-state index in [-0.39, 0.29) is 12.0 Å². The van der Waals surface area contributed by atoms with Gasteiger partial charge in [-0.15, -0.1) is 0 Å². The molecule has 1 rings (SSSR count). The van der Waals surface area contributed by atoms with E-state index in [4.69, 9.17) is 4.74 Å². The number of carbonyl (C=O) groups is 1. The van der Waals surface area contributed by atoms with Crippen molar-refractivity contribution in [1.29, 1.82) is 0 Å². The predicted molar refractivity (Wildman–Crippen MR) is 64.2 cm³/mol. The molecule has 0 saturated heterocycles. The number of hydrogen-bond donors (Lipinski definition) is 0. The van der Waals surface area contributed by atoms with Gasteiger partial charge in [-0.1, -0.05) is 29.8 Å². The Morgan fingerprint density at radius 2 is 2.12 bits per heavy atom. The first kappa shape index (κ1) is 12.7. The molecule has 1 atom stereocenters. The molecule has 0 aromatic heterocycles. The number of aryl methyl sites for hydroxylation is 1. The predicted octanol–water partition coefficient (Wildman–Crippen LogP) is 2.16. The zero-order chi connectivity index (χ0) is 12.1. The van der Waals surface area contributed by atoms with E-state index in [1.54, 1.807) is 0 Å². The van der Waals surface area contributed by atoms with Gasteiger partial charge in [0.15, 0.2) is 0 Å². The minimum absolute atomic E-state index is 0.0762. The molecule has 3 nitrogen and oxygen atoms in total. The monoisotopic (exact) mass is 221 g/mol. The van der Waals surface area contributed by atoms with Crippen LogP contribution in [0.4, 0.5) is 0 Å². The molecule has 1 aromatic carbocycles. The number of methoxy groups -OCH3 is 1. The summed E-state index contributed by atoms with van der Waals surface area (Å²) in [4.78, 5) is 13.4. The van der Waals surface area contributed by atoms with Gasteiger partial charge < -0.3 is 9.64 Å². The first-order valence-corrected chi connectivity index (χ1v) is 5.34. The van der Waals surface area contributed by atoms with E-state index >= 15 is 0 Å². The van der Waals surface area contributed by atoms with Gasteiger partial charge in [-0.25, -0.2) is 0 Å². The second kappa shape index (κ2) is 5.66. The van der Waals surface area contributed by atoms with Crippen molar-refractivity contribution in [3.63, 3.8) is 0 Å². The number of carbonyl (C=O) groups excluding carboxylic acids is 1. The summed E-state index contributed by atoms with van der Waals surface area (Å²) in [5.41, 5.74) is 2.35. The number of benzene rings is 1. The fraction of sp³-hybridized carbons (Fsp3) is 0.462. The number of hydrogen-bond acceptors (Lipinski definition) is 3. The lowest BCUT2D eigenvalue weighted by Gasteiger charge is -2.24. The number of nitrogens with zero attached hydrogens (tertiary/aromatic N) is 1. The van der Waals surface area contributed by atoms with E-state index in [2.05, 4.69) is 6.07 Å². The van der Waals surface area contributed by atoms with Crippen molar-refractivity contribution in [2.45, 2.75) is 19.4 Å². The molecule has 88 valence electrons. The Labute approximate surface area is 97.0 Å². The van der Waals surface area contributed by atoms with E-state index in [9.17, 15) is 4.79 Å². The van der Waals surface area contributed by atoms with Crippen molar-refractivity contribution >= 4 is 5.97 Å². The highest BCUT2D eigenvalue weighted by molar-refractivity contribution is 5.70. The molecule has 0 aliphatic rings. The van der Waals surface area contributed by atoms with E-state index < -0.39 is 0 Å². The van der Waals surface area contributed by atoms with Gasteiger partial charge in [-0.05, 0) is 26.6 Å². The fourth-order valence-electron chi connectivity index (χ4n) is 1.72. The Kier molecular flexibility index (Phi) is 4.50. The molecule has 1 aromatic rings. The fourth-order valence-corrected chi connectivity index (χ4v) is 1.72. The van der Waals surface area contributed by atoms with Gasteiger partial charge >= 0.3 is 5.97 Å². The Morgan fingerprint density at radius 3 is 2.62 bits per heavy atom. The Balaban J connectivity index is 2.89. The van der Waals surface area contributed by atoms with E-state index in [0.29, 0.717) is 6.42 Å². The summed E-state index contributed by atoms with van der Waals surface area (Å²) in [6.07, 6.45) is 0.382. The van der Waals surface area contributed by atoms with Gasteiger partial charge in [-0.3, -0.25) is 4.79 Å². The molecule has 0 radical (unpaired) electrons. The van der Waals surface area contributed by atoms with Gasteiger partial charge in [0.1, 0.15) is 0 Å². The molecule has 0 aliphatic carbocycles. The van der Waals surface area contributed by atoms with Crippen molar-refractivity contribution in [1.82, 2.24) is 4.90 Å². The molecule has 0 N–H and O–H groups in total. The maximum Gasteiger partial charge on any atom is 0.307 e. The molecule has 0 bridgehead atoms. The summed E-state index contributed by atoms with van der Waals surface area (Å²) in [6, 6.07) is 8.29. The smallest absolute Gasteiger partial charge is 0.307 e. The molecule has 16 heavy (non-hydrogen) atoms. The Morgan fingerprint density at radius 1 is 1.44 bits per heavy atom. The van der Waals surface area contributed by atoms with Gasteiger partial charge in [0.2, 0.25) is 0 Å². The Hall–Kier alpha value is -1.35. The summed E-state index contributed by atoms with van der Waals surface area (Å²) in [6.45, 7) is 2.05. The second-order valence-corrected chi connectivity index (χ2v) is 4.17. The molecule has 0 aliphatic heterocycles. The summed E-state index contributed by atoms with van der Waals surface area (Å²) in [5.74, 6) is -0.180. The van der Waals surface area contributed by atoms with Crippen LogP contribution in [0, 0.1) is 6.92 Å². The molecule has 0 amide bonds. The van der Waals surface area contributed by atoms with Crippen LogP contribution in [-0.4, -0.2) is 32.1 Å². The molecule has 0 spiro atoms. The van der Waals surface area contributed by atoms with Crippen LogP contribution in [0.15, 0.2) is 24.3 Å². The molecule has 0 heterocycles. The first-order chi connectivity index (χ1) is 7.54. The van der Waals surface area contributed by atoms with Gasteiger partial charge in [0.05, 0.1) is 13.5 Å². The zero-order valence-electron chi connectivity index (χ0n) is 10.4. The normalized spacial score (nSPS) is 12.6. The molecule has 3 heteroatoms. The molecular weight excluding hydrogens is 202 g/mol. The minimum atomic E-state index is -0.180. The van der Waals surface area contributed by atoms with Crippen LogP contribution < -0.4 is 0 Å². The molecule has 0 fully saturated rings. The van der Waals surface area contributed by atoms with E-state index in [1.807, 2.05) is 44.1 Å². The average molecular weight is 221 g/mol. The zero-order valence-corrected chi connectivity index (χ0v) is 10.4. The van der Waals surface area contributed by atoms with Gasteiger partial charge in [-0.2, -0.15) is 0 Å². The third kappa shape index (κ3) is 3.35. The summed E-state index contributed by atoms with van der Waals surface area (Å²) in [7, 11) is 5.36. The Bertz CT molecular complexity index is 361. The average Bonchev–Trinajstić information content (AvgIpc) is 2.25. The van der Waals surface area contributed by atoms with Crippen molar-refractivity contribution in [3.8, 4) is 0 Å². The highest BCUT2D eigenvalue weighted by atomic mass is 16.5. The number of rotatable bonds is 4. The standard InChI is InChI=1S/C13H19NO2/c1-10-6-5-7-11(8-10)12(14(2)3)9-13(15)16-4/h5-8,12H,9H2,1-4H3. The quantitative estimate of drug-likeness (QED) is 0.730. The van der Waals surface area contributed by atoms with Crippen LogP contribution in [0.25, 0.3) is 0 Å². The first-order valence-electron chi connectivity index (χ1n) is 5.34. The van der Waals surface area contributed by atoms with Crippen molar-refractivity contribution in [3.05, 3.63) is 35.4 Å². The lowest BCUT2D eigenvalue weighted by atomic mass is 10.0. The number of esters is 1. The topological polar surface area (TPSA) is 29.5 Å². The second-order valence-electron chi connectivity index (χ2n) is 4.17. The van der Waals surface area contributed by atoms with E-state index in [1.165, 1.54) is 12.7 Å². The summed E-state index contributed by atoms with van der Waals surface area (Å²) in [5, 5.41) is 0. The molecular formula is C13H19NO2.